The first-order valence-electron chi connectivity index (χ1n) is 8.85. The number of rotatable bonds is 5. The lowest BCUT2D eigenvalue weighted by molar-refractivity contribution is -0.148. The predicted molar refractivity (Wildman–Crippen MR) is 92.2 cm³/mol. The highest BCUT2D eigenvalue weighted by atomic mass is 16.4. The summed E-state index contributed by atoms with van der Waals surface area (Å²) in [5, 5.41) is 9.87. The van der Waals surface area contributed by atoms with Gasteiger partial charge in [0.15, 0.2) is 0 Å². The van der Waals surface area contributed by atoms with Gasteiger partial charge in [0.25, 0.3) is 0 Å². The zero-order chi connectivity index (χ0) is 18.2. The molecule has 2 aliphatic rings. The van der Waals surface area contributed by atoms with Crippen LogP contribution in [-0.2, 0) is 17.8 Å². The van der Waals surface area contributed by atoms with Crippen molar-refractivity contribution in [2.24, 2.45) is 11.3 Å². The Morgan fingerprint density at radius 1 is 1.28 bits per heavy atom. The summed E-state index contributed by atoms with van der Waals surface area (Å²) in [7, 11) is 3.39. The lowest BCUT2D eigenvalue weighted by atomic mass is 9.81. The van der Waals surface area contributed by atoms with E-state index in [2.05, 4.69) is 11.8 Å². The van der Waals surface area contributed by atoms with Gasteiger partial charge in [-0.25, -0.2) is 4.79 Å². The molecule has 1 aromatic rings. The normalized spacial score (nSPS) is 26.0. The Morgan fingerprint density at radius 2 is 2.00 bits per heavy atom. The van der Waals surface area contributed by atoms with Crippen LogP contribution in [0, 0.1) is 11.3 Å². The van der Waals surface area contributed by atoms with Crippen molar-refractivity contribution in [2.75, 3.05) is 40.3 Å². The number of amides is 2. The minimum absolute atomic E-state index is 0.0426. The summed E-state index contributed by atoms with van der Waals surface area (Å²) in [6, 6.07) is 3.87. The number of hydrogen-bond acceptors (Lipinski definition) is 4. The molecule has 0 bridgehead atoms. The number of urea groups is 1. The first-order valence-corrected chi connectivity index (χ1v) is 8.85. The number of carbonyl (C=O) groups excluding carboxylic acids is 1. The second-order valence-electron chi connectivity index (χ2n) is 7.50. The number of carbonyl (C=O) groups is 2. The highest BCUT2D eigenvalue weighted by molar-refractivity contribution is 5.80. The van der Waals surface area contributed by atoms with Crippen molar-refractivity contribution in [3.05, 3.63) is 23.7 Å². The highest BCUT2D eigenvalue weighted by Gasteiger charge is 2.58. The Hall–Kier alpha value is -2.02. The zero-order valence-electron chi connectivity index (χ0n) is 15.2. The third-order valence-electron chi connectivity index (χ3n) is 5.35. The molecule has 2 fully saturated rings. The Morgan fingerprint density at radius 3 is 2.60 bits per heavy atom. The van der Waals surface area contributed by atoms with Crippen LogP contribution in [0.15, 0.2) is 16.5 Å². The van der Waals surface area contributed by atoms with Gasteiger partial charge in [0.2, 0.25) is 0 Å². The van der Waals surface area contributed by atoms with Crippen molar-refractivity contribution in [3.63, 3.8) is 0 Å². The van der Waals surface area contributed by atoms with Gasteiger partial charge in [-0.1, -0.05) is 6.92 Å². The van der Waals surface area contributed by atoms with Gasteiger partial charge in [-0.15, -0.1) is 0 Å². The van der Waals surface area contributed by atoms with E-state index >= 15 is 0 Å². The average Bonchev–Trinajstić information content (AvgIpc) is 3.20. The summed E-state index contributed by atoms with van der Waals surface area (Å²) >= 11 is 0. The second-order valence-corrected chi connectivity index (χ2v) is 7.50. The van der Waals surface area contributed by atoms with E-state index in [1.165, 1.54) is 4.90 Å². The summed E-state index contributed by atoms with van der Waals surface area (Å²) in [6.07, 6.45) is 1.96. The number of furan rings is 1. The largest absolute Gasteiger partial charge is 0.481 e. The minimum atomic E-state index is -0.871. The van der Waals surface area contributed by atoms with Crippen molar-refractivity contribution >= 4 is 12.0 Å². The smallest absolute Gasteiger partial charge is 0.319 e. The highest BCUT2D eigenvalue weighted by Crippen LogP contribution is 2.43. The summed E-state index contributed by atoms with van der Waals surface area (Å²) in [6.45, 7) is 4.64. The Labute approximate surface area is 148 Å². The molecule has 7 heteroatoms. The molecule has 138 valence electrons. The van der Waals surface area contributed by atoms with Crippen LogP contribution in [0.5, 0.6) is 0 Å². The van der Waals surface area contributed by atoms with Gasteiger partial charge in [0.1, 0.15) is 16.9 Å². The molecule has 2 aliphatic heterocycles. The van der Waals surface area contributed by atoms with Crippen molar-refractivity contribution < 1.29 is 19.1 Å². The van der Waals surface area contributed by atoms with Crippen LogP contribution in [0.25, 0.3) is 0 Å². The van der Waals surface area contributed by atoms with E-state index in [0.29, 0.717) is 26.2 Å². The van der Waals surface area contributed by atoms with E-state index in [9.17, 15) is 14.7 Å². The maximum Gasteiger partial charge on any atom is 0.319 e. The second kappa shape index (κ2) is 6.71. The molecule has 0 aliphatic carbocycles. The number of likely N-dealkylation sites (tertiary alicyclic amines) is 2. The molecule has 2 unspecified atom stereocenters. The Bertz CT molecular complexity index is 657. The maximum absolute atomic E-state index is 12.2. The molecule has 0 saturated carbocycles. The lowest BCUT2D eigenvalue weighted by Gasteiger charge is -2.26. The van der Waals surface area contributed by atoms with E-state index in [1.54, 1.807) is 19.0 Å². The fourth-order valence-corrected chi connectivity index (χ4v) is 4.13. The molecule has 3 heterocycles. The fraction of sp³-hybridized carbons (Fsp3) is 0.667. The van der Waals surface area contributed by atoms with Crippen LogP contribution >= 0.6 is 0 Å². The minimum Gasteiger partial charge on any atom is -0.481 e. The number of carboxylic acids is 1. The molecule has 1 aromatic heterocycles. The topological polar surface area (TPSA) is 77.2 Å². The quantitative estimate of drug-likeness (QED) is 0.876. The number of nitrogens with zero attached hydrogens (tertiary/aromatic N) is 3. The standard InChI is InChI=1S/C18H27N3O4/c1-4-5-14-6-7-15(25-14)10-20-8-13-9-21(17(24)19(2)3)12-18(13,11-20)16(22)23/h6-7,13H,4-5,8-12H2,1-3H3,(H,22,23). The monoisotopic (exact) mass is 349 g/mol. The number of fused-ring (bicyclic) bond motifs is 1. The summed E-state index contributed by atoms with van der Waals surface area (Å²) < 4.78 is 5.83. The molecule has 2 saturated heterocycles. The molecule has 7 nitrogen and oxygen atoms in total. The van der Waals surface area contributed by atoms with Crippen LogP contribution in [-0.4, -0.2) is 72.1 Å². The van der Waals surface area contributed by atoms with E-state index in [4.69, 9.17) is 4.42 Å². The van der Waals surface area contributed by atoms with E-state index in [0.717, 1.165) is 24.4 Å². The average molecular weight is 349 g/mol. The molecule has 25 heavy (non-hydrogen) atoms. The molecule has 0 aromatic carbocycles. The number of aryl methyl sites for hydroxylation is 1. The Balaban J connectivity index is 1.69. The van der Waals surface area contributed by atoms with Gasteiger partial charge in [-0.2, -0.15) is 0 Å². The zero-order valence-corrected chi connectivity index (χ0v) is 15.2. The van der Waals surface area contributed by atoms with E-state index in [-0.39, 0.29) is 18.5 Å². The summed E-state index contributed by atoms with van der Waals surface area (Å²) in [5.74, 6) is 1.01. The van der Waals surface area contributed by atoms with Crippen molar-refractivity contribution in [1.29, 1.82) is 0 Å². The van der Waals surface area contributed by atoms with Crippen molar-refractivity contribution in [1.82, 2.24) is 14.7 Å². The third-order valence-corrected chi connectivity index (χ3v) is 5.35. The number of hydrogen-bond donors (Lipinski definition) is 1. The van der Waals surface area contributed by atoms with Crippen LogP contribution in [0.1, 0.15) is 24.9 Å². The first kappa shape index (κ1) is 17.8. The molecule has 2 amide bonds. The molecule has 2 atom stereocenters. The fourth-order valence-electron chi connectivity index (χ4n) is 4.13. The van der Waals surface area contributed by atoms with Crippen LogP contribution in [0.3, 0.4) is 0 Å². The summed E-state index contributed by atoms with van der Waals surface area (Å²) in [5.41, 5.74) is -0.871. The molecule has 0 spiro atoms. The molecule has 0 radical (unpaired) electrons. The Kier molecular flexibility index (Phi) is 4.77. The molecular formula is C18H27N3O4. The van der Waals surface area contributed by atoms with Crippen LogP contribution in [0.4, 0.5) is 4.79 Å². The van der Waals surface area contributed by atoms with Crippen LogP contribution in [0.2, 0.25) is 0 Å². The van der Waals surface area contributed by atoms with Crippen molar-refractivity contribution in [3.8, 4) is 0 Å². The van der Waals surface area contributed by atoms with Gasteiger partial charge in [-0.3, -0.25) is 9.69 Å². The molecule has 1 N–H and O–H groups in total. The first-order chi connectivity index (χ1) is 11.9. The third kappa shape index (κ3) is 3.25. The molecular weight excluding hydrogens is 322 g/mol. The molecule has 3 rings (SSSR count). The predicted octanol–water partition coefficient (Wildman–Crippen LogP) is 1.73. The summed E-state index contributed by atoms with van der Waals surface area (Å²) in [4.78, 5) is 29.6. The van der Waals surface area contributed by atoms with E-state index < -0.39 is 11.4 Å². The van der Waals surface area contributed by atoms with E-state index in [1.807, 2.05) is 12.1 Å². The SMILES string of the molecule is CCCc1ccc(CN2CC3CN(C(=O)N(C)C)CC3(C(=O)O)C2)o1. The van der Waals surface area contributed by atoms with Gasteiger partial charge in [0, 0.05) is 52.6 Å². The maximum atomic E-state index is 12.2. The van der Waals surface area contributed by atoms with Gasteiger partial charge in [0.05, 0.1) is 6.54 Å². The van der Waals surface area contributed by atoms with Crippen LogP contribution < -0.4 is 0 Å². The number of aliphatic carboxylic acids is 1. The lowest BCUT2D eigenvalue weighted by Crippen LogP contribution is -2.44. The van der Waals surface area contributed by atoms with Crippen molar-refractivity contribution in [2.45, 2.75) is 26.3 Å². The van der Waals surface area contributed by atoms with Gasteiger partial charge < -0.3 is 19.3 Å². The van der Waals surface area contributed by atoms with Gasteiger partial charge >= 0.3 is 12.0 Å². The number of carboxylic acid groups (broad SMARTS) is 1. The van der Waals surface area contributed by atoms with Gasteiger partial charge in [-0.05, 0) is 18.6 Å².